The molecule has 26 heavy (non-hydrogen) atoms. The molecule has 3 fully saturated rings. The molecular formula is C21H33N3O2. The summed E-state index contributed by atoms with van der Waals surface area (Å²) in [5.74, 6) is 4.21. The van der Waals surface area contributed by atoms with Crippen LogP contribution in [-0.4, -0.2) is 48.1 Å². The second-order valence-electron chi connectivity index (χ2n) is 8.74. The zero-order chi connectivity index (χ0) is 18.1. The van der Waals surface area contributed by atoms with Crippen molar-refractivity contribution in [1.29, 1.82) is 0 Å². The third-order valence-electron chi connectivity index (χ3n) is 6.31. The number of hydrogen-bond acceptors (Lipinski definition) is 3. The van der Waals surface area contributed by atoms with Crippen molar-refractivity contribution in [2.45, 2.75) is 64.5 Å². The lowest BCUT2D eigenvalue weighted by Gasteiger charge is -2.30. The number of hydrogen-bond donors (Lipinski definition) is 1. The van der Waals surface area contributed by atoms with Crippen LogP contribution in [0.25, 0.3) is 0 Å². The lowest BCUT2D eigenvalue weighted by atomic mass is 9.99. The SMILES string of the molecule is CC1CCN(CCNC(=O)N(Cc2ccc(C3CC3C)o2)C2CC2)CC1. The van der Waals surface area contributed by atoms with Gasteiger partial charge >= 0.3 is 6.03 Å². The van der Waals surface area contributed by atoms with Gasteiger partial charge in [-0.1, -0.05) is 13.8 Å². The van der Waals surface area contributed by atoms with E-state index in [-0.39, 0.29) is 6.03 Å². The standard InChI is InChI=1S/C21H33N3O2/c1-15-7-10-23(11-8-15)12-9-22-21(25)24(17-3-4-17)14-18-5-6-20(26-18)19-13-16(19)2/h5-6,15-17,19H,3-4,7-14H2,1-2H3,(H,22,25). The second kappa shape index (κ2) is 7.63. The number of nitrogens with zero attached hydrogens (tertiary/aromatic N) is 2. The fourth-order valence-electron chi connectivity index (χ4n) is 4.03. The van der Waals surface area contributed by atoms with E-state index >= 15 is 0 Å². The van der Waals surface area contributed by atoms with Gasteiger partial charge in [-0.05, 0) is 69.2 Å². The molecule has 2 amide bonds. The molecule has 1 aliphatic heterocycles. The molecule has 1 aromatic rings. The van der Waals surface area contributed by atoms with Crippen molar-refractivity contribution in [1.82, 2.24) is 15.1 Å². The average Bonchev–Trinajstić information content (AvgIpc) is 3.55. The van der Waals surface area contributed by atoms with Crippen LogP contribution in [0.4, 0.5) is 4.79 Å². The number of likely N-dealkylation sites (tertiary alicyclic amines) is 1. The number of piperidine rings is 1. The average molecular weight is 360 g/mol. The van der Waals surface area contributed by atoms with Crippen LogP contribution in [0.15, 0.2) is 16.5 Å². The van der Waals surface area contributed by atoms with Gasteiger partial charge in [-0.25, -0.2) is 4.79 Å². The molecule has 1 saturated heterocycles. The van der Waals surface area contributed by atoms with Gasteiger partial charge < -0.3 is 19.5 Å². The zero-order valence-corrected chi connectivity index (χ0v) is 16.2. The van der Waals surface area contributed by atoms with Crippen molar-refractivity contribution in [2.75, 3.05) is 26.2 Å². The third-order valence-corrected chi connectivity index (χ3v) is 6.31. The number of nitrogens with one attached hydrogen (secondary N) is 1. The predicted octanol–water partition coefficient (Wildman–Crippen LogP) is 3.81. The summed E-state index contributed by atoms with van der Waals surface area (Å²) in [6.07, 6.45) is 6.02. The van der Waals surface area contributed by atoms with Crippen LogP contribution in [0.2, 0.25) is 0 Å². The van der Waals surface area contributed by atoms with Gasteiger partial charge in [-0.2, -0.15) is 0 Å². The lowest BCUT2D eigenvalue weighted by molar-refractivity contribution is 0.175. The molecule has 4 rings (SSSR count). The van der Waals surface area contributed by atoms with Gasteiger partial charge in [0.2, 0.25) is 0 Å². The molecule has 0 spiro atoms. The van der Waals surface area contributed by atoms with Crippen molar-refractivity contribution >= 4 is 6.03 Å². The van der Waals surface area contributed by atoms with E-state index in [4.69, 9.17) is 4.42 Å². The Hall–Kier alpha value is -1.49. The van der Waals surface area contributed by atoms with E-state index < -0.39 is 0 Å². The van der Waals surface area contributed by atoms with Crippen LogP contribution < -0.4 is 5.32 Å². The maximum absolute atomic E-state index is 12.7. The van der Waals surface area contributed by atoms with Crippen LogP contribution in [-0.2, 0) is 6.54 Å². The molecule has 2 heterocycles. The summed E-state index contributed by atoms with van der Waals surface area (Å²) < 4.78 is 6.02. The molecular weight excluding hydrogens is 326 g/mol. The second-order valence-corrected chi connectivity index (χ2v) is 8.74. The van der Waals surface area contributed by atoms with Crippen molar-refractivity contribution in [3.63, 3.8) is 0 Å². The van der Waals surface area contributed by atoms with E-state index in [1.165, 1.54) is 19.3 Å². The molecule has 2 unspecified atom stereocenters. The molecule has 2 aliphatic carbocycles. The Morgan fingerprint density at radius 1 is 1.23 bits per heavy atom. The number of amides is 2. The molecule has 2 atom stereocenters. The number of carbonyl (C=O) groups is 1. The van der Waals surface area contributed by atoms with E-state index in [1.54, 1.807) is 0 Å². The van der Waals surface area contributed by atoms with Crippen LogP contribution in [0.3, 0.4) is 0 Å². The Kier molecular flexibility index (Phi) is 5.25. The summed E-state index contributed by atoms with van der Waals surface area (Å²) in [7, 11) is 0. The maximum atomic E-state index is 12.7. The van der Waals surface area contributed by atoms with Crippen molar-refractivity contribution in [3.05, 3.63) is 23.7 Å². The van der Waals surface area contributed by atoms with Crippen molar-refractivity contribution in [3.8, 4) is 0 Å². The highest BCUT2D eigenvalue weighted by atomic mass is 16.3. The van der Waals surface area contributed by atoms with Crippen LogP contribution in [0.1, 0.15) is 63.4 Å². The Labute approximate surface area is 157 Å². The van der Waals surface area contributed by atoms with Gasteiger partial charge in [0, 0.05) is 25.0 Å². The minimum Gasteiger partial charge on any atom is -0.464 e. The van der Waals surface area contributed by atoms with Crippen LogP contribution in [0.5, 0.6) is 0 Å². The number of urea groups is 1. The normalized spacial score (nSPS) is 26.7. The number of rotatable bonds is 7. The molecule has 0 bridgehead atoms. The van der Waals surface area contributed by atoms with Gasteiger partial charge in [0.15, 0.2) is 0 Å². The first kappa shape index (κ1) is 17.9. The Morgan fingerprint density at radius 2 is 1.96 bits per heavy atom. The fraction of sp³-hybridized carbons (Fsp3) is 0.762. The van der Waals surface area contributed by atoms with Crippen LogP contribution >= 0.6 is 0 Å². The molecule has 5 heteroatoms. The van der Waals surface area contributed by atoms with E-state index in [1.807, 2.05) is 4.90 Å². The molecule has 3 aliphatic rings. The summed E-state index contributed by atoms with van der Waals surface area (Å²) in [5, 5.41) is 3.14. The largest absolute Gasteiger partial charge is 0.464 e. The summed E-state index contributed by atoms with van der Waals surface area (Å²) in [5.41, 5.74) is 0. The quantitative estimate of drug-likeness (QED) is 0.805. The van der Waals surface area contributed by atoms with Crippen molar-refractivity contribution < 1.29 is 9.21 Å². The van der Waals surface area contributed by atoms with E-state index in [0.717, 1.165) is 62.4 Å². The highest BCUT2D eigenvalue weighted by Crippen LogP contribution is 2.47. The van der Waals surface area contributed by atoms with E-state index in [2.05, 4.69) is 36.2 Å². The first-order valence-corrected chi connectivity index (χ1v) is 10.5. The summed E-state index contributed by atoms with van der Waals surface area (Å²) >= 11 is 0. The van der Waals surface area contributed by atoms with Gasteiger partial charge in [0.1, 0.15) is 11.5 Å². The predicted molar refractivity (Wildman–Crippen MR) is 102 cm³/mol. The van der Waals surface area contributed by atoms with E-state index in [9.17, 15) is 4.79 Å². The third kappa shape index (κ3) is 4.43. The van der Waals surface area contributed by atoms with Crippen molar-refractivity contribution in [2.24, 2.45) is 11.8 Å². The molecule has 1 N–H and O–H groups in total. The highest BCUT2D eigenvalue weighted by molar-refractivity contribution is 5.74. The fourth-order valence-corrected chi connectivity index (χ4v) is 4.03. The zero-order valence-electron chi connectivity index (χ0n) is 16.2. The number of carbonyl (C=O) groups excluding carboxylic acids is 1. The smallest absolute Gasteiger partial charge is 0.318 e. The van der Waals surface area contributed by atoms with Gasteiger partial charge in [-0.15, -0.1) is 0 Å². The number of furan rings is 1. The minimum absolute atomic E-state index is 0.0654. The van der Waals surface area contributed by atoms with Crippen LogP contribution in [0, 0.1) is 11.8 Å². The first-order valence-electron chi connectivity index (χ1n) is 10.5. The van der Waals surface area contributed by atoms with Gasteiger partial charge in [0.25, 0.3) is 0 Å². The Bertz CT molecular complexity index is 617. The monoisotopic (exact) mass is 359 g/mol. The van der Waals surface area contributed by atoms with E-state index in [0.29, 0.717) is 18.5 Å². The molecule has 144 valence electrons. The van der Waals surface area contributed by atoms with Gasteiger partial charge in [-0.3, -0.25) is 0 Å². The Balaban J connectivity index is 1.25. The first-order chi connectivity index (χ1) is 12.6. The maximum Gasteiger partial charge on any atom is 0.318 e. The molecule has 0 radical (unpaired) electrons. The highest BCUT2D eigenvalue weighted by Gasteiger charge is 2.37. The molecule has 2 saturated carbocycles. The molecule has 0 aromatic carbocycles. The minimum atomic E-state index is 0.0654. The lowest BCUT2D eigenvalue weighted by Crippen LogP contribution is -2.44. The topological polar surface area (TPSA) is 48.7 Å². The Morgan fingerprint density at radius 3 is 2.62 bits per heavy atom. The van der Waals surface area contributed by atoms with Gasteiger partial charge in [0.05, 0.1) is 6.54 Å². The summed E-state index contributed by atoms with van der Waals surface area (Å²) in [6.45, 7) is 9.21. The summed E-state index contributed by atoms with van der Waals surface area (Å²) in [4.78, 5) is 17.1. The molecule has 5 nitrogen and oxygen atoms in total. The molecule has 1 aromatic heterocycles. The summed E-state index contributed by atoms with van der Waals surface area (Å²) in [6, 6.07) is 4.61.